The number of thiophene rings is 1. The highest BCUT2D eigenvalue weighted by molar-refractivity contribution is 7.26. The predicted octanol–water partition coefficient (Wildman–Crippen LogP) is 14.7. The lowest BCUT2D eigenvalue weighted by atomic mass is 9.92. The fourth-order valence-corrected chi connectivity index (χ4v) is 10.9. The molecule has 9 aromatic carbocycles. The van der Waals surface area contributed by atoms with Crippen molar-refractivity contribution < 1.29 is 4.40 Å². The van der Waals surface area contributed by atoms with Gasteiger partial charge < -0.3 is 4.57 Å². The lowest BCUT2D eigenvalue weighted by Crippen LogP contribution is -2.30. The molecule has 4 aromatic heterocycles. The molecule has 0 saturated heterocycles. The van der Waals surface area contributed by atoms with Crippen LogP contribution >= 0.6 is 11.3 Å². The molecule has 13 rings (SSSR count). The number of fused-ring (bicyclic) bond motifs is 13. The number of rotatable bonds is 5. The molecule has 0 N–H and O–H groups in total. The van der Waals surface area contributed by atoms with Crippen LogP contribution in [0.15, 0.2) is 212 Å². The van der Waals surface area contributed by atoms with Crippen LogP contribution in [0, 0.1) is 0 Å². The molecule has 0 aliphatic heterocycles. The summed E-state index contributed by atoms with van der Waals surface area (Å²) in [4.78, 5) is 10.9. The van der Waals surface area contributed by atoms with Crippen molar-refractivity contribution in [1.82, 2.24) is 14.5 Å². The van der Waals surface area contributed by atoms with Crippen LogP contribution in [0.5, 0.6) is 0 Å². The van der Waals surface area contributed by atoms with Gasteiger partial charge in [-0.1, -0.05) is 162 Å². The molecule has 4 heterocycles. The molecule has 0 atom stereocenters. The van der Waals surface area contributed by atoms with Crippen LogP contribution in [0.3, 0.4) is 0 Å². The maximum Gasteiger partial charge on any atom is 0.308 e. The van der Waals surface area contributed by atoms with Crippen molar-refractivity contribution in [3.63, 3.8) is 0 Å². The second-order valence-electron chi connectivity index (χ2n) is 15.9. The standard InChI is InChI=1S/C57H35N4S/c1-5-17-36(18-6-1)41-25-13-14-26-42(41)39-29-30-43-47-34-48-46-32-31-45-44-27-15-16-28-50(44)60(40-23-11-4-12-24-40)53(45)54(46)62-52(48)35-51(47)61-56(38-21-9-3-10-22-38)58-55(37-19-7-2-8-20-37)59-57(61)49(43)33-39/h1-35H/q+1. The Hall–Kier alpha value is -7.99. The second kappa shape index (κ2) is 13.8. The average molecular weight is 808 g/mol. The molecule has 0 amide bonds. The van der Waals surface area contributed by atoms with Gasteiger partial charge in [0.2, 0.25) is 0 Å². The Morgan fingerprint density at radius 2 is 1.02 bits per heavy atom. The van der Waals surface area contributed by atoms with E-state index in [2.05, 4.69) is 215 Å². The molecule has 0 bridgehead atoms. The molecule has 0 aliphatic rings. The topological polar surface area (TPSA) is 34.8 Å². The lowest BCUT2D eigenvalue weighted by molar-refractivity contribution is -0.474. The molecule has 0 radical (unpaired) electrons. The van der Waals surface area contributed by atoms with Crippen LogP contribution < -0.4 is 4.40 Å². The SMILES string of the molecule is c1ccc(-c2nc(-c3ccccc3)[n+]3c4cc5sc6c(ccc7c8ccccc8n(-c8ccccc8)c76)c5cc4c4ccc(-c5ccccc5-c5ccccc5)cc4c3n2)cc1. The van der Waals surface area contributed by atoms with Crippen molar-refractivity contribution in [3.05, 3.63) is 212 Å². The zero-order valence-electron chi connectivity index (χ0n) is 33.4. The fraction of sp³-hybridized carbons (Fsp3) is 0. The molecule has 13 aromatic rings. The molecule has 0 aliphatic carbocycles. The first-order valence-corrected chi connectivity index (χ1v) is 21.8. The van der Waals surface area contributed by atoms with E-state index >= 15 is 0 Å². The Labute approximate surface area is 360 Å². The van der Waals surface area contributed by atoms with E-state index in [9.17, 15) is 0 Å². The largest absolute Gasteiger partial charge is 0.308 e. The monoisotopic (exact) mass is 807 g/mol. The number of para-hydroxylation sites is 2. The van der Waals surface area contributed by atoms with E-state index in [-0.39, 0.29) is 0 Å². The summed E-state index contributed by atoms with van der Waals surface area (Å²) in [5.41, 5.74) is 12.2. The minimum absolute atomic E-state index is 0.694. The average Bonchev–Trinajstić information content (AvgIpc) is 3.89. The van der Waals surface area contributed by atoms with Crippen molar-refractivity contribution in [1.29, 1.82) is 0 Å². The van der Waals surface area contributed by atoms with Crippen LogP contribution in [-0.2, 0) is 0 Å². The number of hydrogen-bond donors (Lipinski definition) is 0. The van der Waals surface area contributed by atoms with Crippen molar-refractivity contribution in [2.75, 3.05) is 0 Å². The van der Waals surface area contributed by atoms with Gasteiger partial charge in [-0.2, -0.15) is 4.40 Å². The maximum atomic E-state index is 5.51. The van der Waals surface area contributed by atoms with Crippen LogP contribution in [0.1, 0.15) is 0 Å². The van der Waals surface area contributed by atoms with Gasteiger partial charge in [0.05, 0.1) is 32.2 Å². The molecule has 0 fully saturated rings. The van der Waals surface area contributed by atoms with Gasteiger partial charge in [0, 0.05) is 37.3 Å². The van der Waals surface area contributed by atoms with Gasteiger partial charge in [-0.3, -0.25) is 0 Å². The van der Waals surface area contributed by atoms with Gasteiger partial charge in [0.1, 0.15) is 5.52 Å². The summed E-state index contributed by atoms with van der Waals surface area (Å²) in [6.45, 7) is 0. The normalized spacial score (nSPS) is 11.9. The highest BCUT2D eigenvalue weighted by Crippen LogP contribution is 2.45. The molecule has 62 heavy (non-hydrogen) atoms. The number of nitrogens with zero attached hydrogens (tertiary/aromatic N) is 4. The summed E-state index contributed by atoms with van der Waals surface area (Å²) in [7, 11) is 0. The smallest absolute Gasteiger partial charge is 0.308 e. The first-order valence-electron chi connectivity index (χ1n) is 21.0. The van der Waals surface area contributed by atoms with Gasteiger partial charge in [-0.25, -0.2) is 0 Å². The first kappa shape index (κ1) is 34.8. The third kappa shape index (κ3) is 5.29. The summed E-state index contributed by atoms with van der Waals surface area (Å²) >= 11 is 1.87. The third-order valence-electron chi connectivity index (χ3n) is 12.4. The second-order valence-corrected chi connectivity index (χ2v) is 17.0. The maximum absolute atomic E-state index is 5.51. The van der Waals surface area contributed by atoms with Crippen molar-refractivity contribution in [3.8, 4) is 50.7 Å². The Morgan fingerprint density at radius 1 is 0.403 bits per heavy atom. The summed E-state index contributed by atoms with van der Waals surface area (Å²) in [5, 5.41) is 8.39. The predicted molar refractivity (Wildman–Crippen MR) is 259 cm³/mol. The Balaban J connectivity index is 1.18. The van der Waals surface area contributed by atoms with Gasteiger partial charge in [0.15, 0.2) is 0 Å². The molecule has 5 heteroatoms. The number of pyridine rings is 1. The van der Waals surface area contributed by atoms with Gasteiger partial charge in [0.25, 0.3) is 11.5 Å². The number of hydrogen-bond acceptors (Lipinski definition) is 3. The zero-order chi connectivity index (χ0) is 40.7. The Morgan fingerprint density at radius 3 is 1.77 bits per heavy atom. The van der Waals surface area contributed by atoms with E-state index in [0.717, 1.165) is 55.5 Å². The summed E-state index contributed by atoms with van der Waals surface area (Å²) in [5.74, 6) is 1.54. The van der Waals surface area contributed by atoms with Crippen molar-refractivity contribution in [2.45, 2.75) is 0 Å². The fourth-order valence-electron chi connectivity index (χ4n) is 9.63. The lowest BCUT2D eigenvalue weighted by Gasteiger charge is -2.14. The molecule has 4 nitrogen and oxygen atoms in total. The van der Waals surface area contributed by atoms with Crippen molar-refractivity contribution >= 4 is 80.6 Å². The van der Waals surface area contributed by atoms with E-state index in [0.29, 0.717) is 5.82 Å². The van der Waals surface area contributed by atoms with Crippen LogP contribution in [0.25, 0.3) is 120 Å². The van der Waals surface area contributed by atoms with E-state index in [4.69, 9.17) is 9.97 Å². The highest BCUT2D eigenvalue weighted by atomic mass is 32.1. The minimum Gasteiger partial charge on any atom is -0.308 e. The van der Waals surface area contributed by atoms with Crippen LogP contribution in [0.2, 0.25) is 0 Å². The zero-order valence-corrected chi connectivity index (χ0v) is 34.2. The first-order chi connectivity index (χ1) is 30.8. The Bertz CT molecular complexity index is 3890. The van der Waals surface area contributed by atoms with Crippen LogP contribution in [-0.4, -0.2) is 14.5 Å². The molecule has 288 valence electrons. The summed E-state index contributed by atoms with van der Waals surface area (Å²) < 4.78 is 7.25. The summed E-state index contributed by atoms with van der Waals surface area (Å²) in [6.07, 6.45) is 0. The van der Waals surface area contributed by atoms with Gasteiger partial charge >= 0.3 is 5.82 Å². The minimum atomic E-state index is 0.694. The highest BCUT2D eigenvalue weighted by Gasteiger charge is 2.27. The molecule has 0 unspecified atom stereocenters. The van der Waals surface area contributed by atoms with Crippen molar-refractivity contribution in [2.24, 2.45) is 0 Å². The third-order valence-corrected chi connectivity index (χ3v) is 13.6. The van der Waals surface area contributed by atoms with Gasteiger partial charge in [-0.05, 0) is 88.3 Å². The van der Waals surface area contributed by atoms with E-state index in [1.807, 2.05) is 17.4 Å². The molecular weight excluding hydrogens is 773 g/mol. The van der Waals surface area contributed by atoms with E-state index in [1.54, 1.807) is 0 Å². The van der Waals surface area contributed by atoms with E-state index < -0.39 is 0 Å². The quantitative estimate of drug-likeness (QED) is 0.128. The van der Waals surface area contributed by atoms with Gasteiger partial charge in [-0.15, -0.1) is 11.3 Å². The molecular formula is C57H35N4S+. The Kier molecular flexibility index (Phi) is 7.74. The molecule has 0 spiro atoms. The summed E-state index contributed by atoms with van der Waals surface area (Å²) in [6, 6.07) is 76.3. The van der Waals surface area contributed by atoms with Crippen LogP contribution in [0.4, 0.5) is 0 Å². The van der Waals surface area contributed by atoms with E-state index in [1.165, 1.54) is 58.7 Å². The molecule has 0 saturated carbocycles. The number of benzene rings is 9. The number of aromatic nitrogens is 4.